The Hall–Kier alpha value is -0.500. The fourth-order valence-electron chi connectivity index (χ4n) is 0.428. The molecule has 50 valence electrons. The third-order valence-corrected chi connectivity index (χ3v) is 0.756. The van der Waals surface area contributed by atoms with Gasteiger partial charge in [-0.25, -0.2) is 0 Å². The lowest BCUT2D eigenvalue weighted by molar-refractivity contribution is 0.475. The van der Waals surface area contributed by atoms with Gasteiger partial charge < -0.3 is 5.11 Å². The number of phenolic OH excluding ortho intramolecular Hbond substituents is 1. The molecule has 9 heavy (non-hydrogen) atoms. The van der Waals surface area contributed by atoms with Gasteiger partial charge in [0.1, 0.15) is 5.75 Å². The summed E-state index contributed by atoms with van der Waals surface area (Å²) in [7, 11) is 0. The number of benzene rings is 1. The number of para-hydroxylation sites is 1. The minimum atomic E-state index is 0.322. The van der Waals surface area contributed by atoms with Crippen molar-refractivity contribution in [3.63, 3.8) is 0 Å². The molecule has 1 aromatic carbocycles. The van der Waals surface area contributed by atoms with Crippen molar-refractivity contribution in [3.8, 4) is 5.75 Å². The summed E-state index contributed by atoms with van der Waals surface area (Å²) in [4.78, 5) is 0. The topological polar surface area (TPSA) is 20.2 Å². The molecule has 0 spiro atoms. The molecule has 0 saturated carbocycles. The monoisotopic (exact) mass is 188 g/mol. The fourth-order valence-corrected chi connectivity index (χ4v) is 0.428. The third-order valence-electron chi connectivity index (χ3n) is 0.756. The summed E-state index contributed by atoms with van der Waals surface area (Å²) in [5.74, 6) is 2.13. The van der Waals surface area contributed by atoms with Crippen LogP contribution in [-0.4, -0.2) is 10.9 Å². The Morgan fingerprint density at radius 2 is 1.56 bits per heavy atom. The maximum Gasteiger partial charge on any atom is 0.115 e. The van der Waals surface area contributed by atoms with Crippen LogP contribution in [0.3, 0.4) is 0 Å². The Morgan fingerprint density at radius 1 is 1.11 bits per heavy atom. The number of aromatic hydroxyl groups is 1. The Bertz CT molecular complexity index is 139. The first-order valence-corrected chi connectivity index (χ1v) is 4.10. The van der Waals surface area contributed by atoms with Crippen LogP contribution in [0.25, 0.3) is 0 Å². The van der Waals surface area contributed by atoms with Gasteiger partial charge in [-0.2, -0.15) is 0 Å². The van der Waals surface area contributed by atoms with Gasteiger partial charge in [-0.3, -0.25) is 0 Å². The zero-order valence-electron chi connectivity index (χ0n) is 5.21. The average Bonchev–Trinajstić information content (AvgIpc) is 1.94. The summed E-state index contributed by atoms with van der Waals surface area (Å²) in [5, 5.41) is 8.63. The van der Waals surface area contributed by atoms with Gasteiger partial charge in [0.05, 0.1) is 0 Å². The van der Waals surface area contributed by atoms with Crippen LogP contribution in [0.4, 0.5) is 0 Å². The van der Waals surface area contributed by atoms with Gasteiger partial charge in [0.2, 0.25) is 0 Å². The second-order valence-electron chi connectivity index (χ2n) is 1.34. The molecule has 0 radical (unpaired) electrons. The highest BCUT2D eigenvalue weighted by Crippen LogP contribution is 2.02. The average molecular weight is 189 g/mol. The quantitative estimate of drug-likeness (QED) is 0.621. The summed E-state index contributed by atoms with van der Waals surface area (Å²) in [5.41, 5.74) is 0. The molecule has 0 fully saturated rings. The van der Waals surface area contributed by atoms with E-state index in [4.69, 9.17) is 5.11 Å². The second-order valence-corrected chi connectivity index (χ2v) is 1.34. The standard InChI is InChI=1S/C6H6O.CH3Br/c7-6-4-2-1-3-5-6;1-2/h1-5,7H;1H3. The summed E-state index contributed by atoms with van der Waals surface area (Å²) in [6.07, 6.45) is 0. The minimum Gasteiger partial charge on any atom is -0.508 e. The summed E-state index contributed by atoms with van der Waals surface area (Å²) in [6, 6.07) is 8.71. The number of rotatable bonds is 0. The van der Waals surface area contributed by atoms with Crippen molar-refractivity contribution in [1.29, 1.82) is 0 Å². The summed E-state index contributed by atoms with van der Waals surface area (Å²) < 4.78 is 0. The molecule has 1 N–H and O–H groups in total. The van der Waals surface area contributed by atoms with E-state index in [0.717, 1.165) is 0 Å². The van der Waals surface area contributed by atoms with Crippen molar-refractivity contribution >= 4 is 15.9 Å². The molecule has 0 aliphatic carbocycles. The number of hydrogen-bond donors (Lipinski definition) is 1. The predicted molar refractivity (Wildman–Crippen MR) is 43.0 cm³/mol. The lowest BCUT2D eigenvalue weighted by Gasteiger charge is -1.82. The van der Waals surface area contributed by atoms with E-state index in [1.54, 1.807) is 24.3 Å². The first-order valence-electron chi connectivity index (χ1n) is 2.51. The smallest absolute Gasteiger partial charge is 0.115 e. The highest BCUT2D eigenvalue weighted by Gasteiger charge is 1.74. The van der Waals surface area contributed by atoms with Crippen molar-refractivity contribution in [3.05, 3.63) is 30.3 Å². The number of hydrogen-bond acceptors (Lipinski definition) is 1. The van der Waals surface area contributed by atoms with Crippen LogP contribution in [-0.2, 0) is 0 Å². The van der Waals surface area contributed by atoms with Gasteiger partial charge in [-0.1, -0.05) is 34.1 Å². The zero-order chi connectivity index (χ0) is 7.11. The van der Waals surface area contributed by atoms with Gasteiger partial charge >= 0.3 is 0 Å². The van der Waals surface area contributed by atoms with Crippen molar-refractivity contribution in [1.82, 2.24) is 0 Å². The van der Waals surface area contributed by atoms with Crippen LogP contribution in [0, 0.1) is 0 Å². The number of alkyl halides is 1. The van der Waals surface area contributed by atoms with Gasteiger partial charge in [0, 0.05) is 0 Å². The molecule has 2 heteroatoms. The molecule has 0 amide bonds. The second kappa shape index (κ2) is 5.63. The summed E-state index contributed by atoms with van der Waals surface area (Å²) in [6.45, 7) is 0. The molecule has 0 saturated heterocycles. The van der Waals surface area contributed by atoms with Crippen molar-refractivity contribution in [2.24, 2.45) is 0 Å². The van der Waals surface area contributed by atoms with Gasteiger partial charge in [-0.15, -0.1) is 0 Å². The fraction of sp³-hybridized carbons (Fsp3) is 0.143. The molecule has 0 unspecified atom stereocenters. The van der Waals surface area contributed by atoms with Crippen LogP contribution >= 0.6 is 15.9 Å². The van der Waals surface area contributed by atoms with Crippen LogP contribution < -0.4 is 0 Å². The lowest BCUT2D eigenvalue weighted by Crippen LogP contribution is -1.56. The molecular weight excluding hydrogens is 180 g/mol. The molecular formula is C7H9BrO. The Balaban J connectivity index is 0.000000291. The molecule has 0 bridgehead atoms. The predicted octanol–water partition coefficient (Wildman–Crippen LogP) is 2.40. The van der Waals surface area contributed by atoms with E-state index in [1.807, 2.05) is 11.9 Å². The minimum absolute atomic E-state index is 0.322. The molecule has 0 atom stereocenters. The normalized spacial score (nSPS) is 7.33. The van der Waals surface area contributed by atoms with E-state index in [-0.39, 0.29) is 0 Å². The zero-order valence-corrected chi connectivity index (χ0v) is 6.80. The number of phenols is 1. The SMILES string of the molecule is CBr.Oc1ccccc1. The lowest BCUT2D eigenvalue weighted by atomic mass is 10.3. The molecule has 1 rings (SSSR count). The van der Waals surface area contributed by atoms with E-state index in [0.29, 0.717) is 5.75 Å². The Kier molecular flexibility index (Phi) is 5.32. The maximum atomic E-state index is 8.63. The Labute approximate surface area is 63.5 Å². The molecule has 0 aliphatic heterocycles. The highest BCUT2D eigenvalue weighted by molar-refractivity contribution is 9.08. The summed E-state index contributed by atoms with van der Waals surface area (Å²) >= 11 is 2.94. The van der Waals surface area contributed by atoms with Gasteiger partial charge in [0.25, 0.3) is 0 Å². The third kappa shape index (κ3) is 4.03. The van der Waals surface area contributed by atoms with E-state index in [1.165, 1.54) is 0 Å². The van der Waals surface area contributed by atoms with Gasteiger partial charge in [0.15, 0.2) is 0 Å². The first-order chi connectivity index (χ1) is 4.39. The van der Waals surface area contributed by atoms with E-state index in [9.17, 15) is 0 Å². The highest BCUT2D eigenvalue weighted by atomic mass is 79.9. The van der Waals surface area contributed by atoms with E-state index >= 15 is 0 Å². The maximum absolute atomic E-state index is 8.63. The number of halogens is 1. The van der Waals surface area contributed by atoms with E-state index < -0.39 is 0 Å². The van der Waals surface area contributed by atoms with E-state index in [2.05, 4.69) is 15.9 Å². The van der Waals surface area contributed by atoms with Crippen molar-refractivity contribution in [2.75, 3.05) is 5.83 Å². The largest absolute Gasteiger partial charge is 0.508 e. The Morgan fingerprint density at radius 3 is 1.78 bits per heavy atom. The molecule has 0 aromatic heterocycles. The van der Waals surface area contributed by atoms with Crippen LogP contribution in [0.1, 0.15) is 0 Å². The van der Waals surface area contributed by atoms with Crippen molar-refractivity contribution in [2.45, 2.75) is 0 Å². The van der Waals surface area contributed by atoms with Crippen LogP contribution in [0.15, 0.2) is 30.3 Å². The molecule has 0 aliphatic rings. The van der Waals surface area contributed by atoms with Gasteiger partial charge in [-0.05, 0) is 18.0 Å². The molecule has 1 aromatic rings. The molecule has 1 nitrogen and oxygen atoms in total. The first kappa shape index (κ1) is 8.50. The molecule has 0 heterocycles. The van der Waals surface area contributed by atoms with Crippen molar-refractivity contribution < 1.29 is 5.11 Å². The van der Waals surface area contributed by atoms with Crippen LogP contribution in [0.5, 0.6) is 5.75 Å². The van der Waals surface area contributed by atoms with Crippen LogP contribution in [0.2, 0.25) is 0 Å².